The summed E-state index contributed by atoms with van der Waals surface area (Å²) in [6.45, 7) is 39.3. The molecule has 9 heterocycles. The van der Waals surface area contributed by atoms with Crippen LogP contribution in [0.4, 0.5) is 5.82 Å². The topological polar surface area (TPSA) is 426 Å². The van der Waals surface area contributed by atoms with Gasteiger partial charge in [-0.3, -0.25) is 9.69 Å². The van der Waals surface area contributed by atoms with Gasteiger partial charge in [0.25, 0.3) is 0 Å². The van der Waals surface area contributed by atoms with Crippen LogP contribution in [0.25, 0.3) is 0 Å². The molecule has 8 aromatic heterocycles. The number of aromatic nitrogens is 24. The highest BCUT2D eigenvalue weighted by molar-refractivity contribution is 5.69. The van der Waals surface area contributed by atoms with E-state index < -0.39 is 10.9 Å². The van der Waals surface area contributed by atoms with Gasteiger partial charge in [0.1, 0.15) is 17.0 Å². The molecule has 36 heteroatoms. The predicted octanol–water partition coefficient (Wildman–Crippen LogP) is 3.77. The van der Waals surface area contributed by atoms with Crippen LogP contribution in [0.5, 0.6) is 0 Å². The van der Waals surface area contributed by atoms with Crippen molar-refractivity contribution in [2.45, 2.75) is 205 Å². The summed E-state index contributed by atoms with van der Waals surface area (Å²) in [5.74, 6) is -1.09. The zero-order valence-electron chi connectivity index (χ0n) is 56.4. The normalized spacial score (nSPS) is 12.1. The highest BCUT2D eigenvalue weighted by Crippen LogP contribution is 2.11. The van der Waals surface area contributed by atoms with E-state index in [9.17, 15) is 14.9 Å². The van der Waals surface area contributed by atoms with Crippen LogP contribution in [0, 0.1) is 10.1 Å². The molecule has 0 radical (unpaired) electrons. The Kier molecular flexibility index (Phi) is 36.9. The van der Waals surface area contributed by atoms with Gasteiger partial charge in [0.05, 0.1) is 96.0 Å². The average molecular weight is 1280 g/mol. The maximum atomic E-state index is 10.3. The lowest BCUT2D eigenvalue weighted by molar-refractivity contribution is -0.389. The van der Waals surface area contributed by atoms with Gasteiger partial charge in [-0.25, -0.2) is 37.5 Å². The number of carbonyl (C=O) groups is 1. The number of piperazine rings is 1. The van der Waals surface area contributed by atoms with Gasteiger partial charge in [0, 0.05) is 114 Å². The number of nitrogens with zero attached hydrogens (tertiary/aromatic N) is 26. The van der Waals surface area contributed by atoms with Crippen LogP contribution in [0.1, 0.15) is 199 Å². The number of carboxylic acid groups (broad SMARTS) is 1. The van der Waals surface area contributed by atoms with Crippen LogP contribution < -0.4 is 16.0 Å². The van der Waals surface area contributed by atoms with Crippen molar-refractivity contribution in [2.24, 2.45) is 0 Å². The Morgan fingerprint density at radius 3 is 1.26 bits per heavy atom. The van der Waals surface area contributed by atoms with Gasteiger partial charge in [-0.1, -0.05) is 36.5 Å². The Labute approximate surface area is 532 Å². The third-order valence-corrected chi connectivity index (χ3v) is 12.3. The SMILES string of the molecule is CC(C)n1cc(CC(=O)O)nn1.CC(C)n1cc(CCO)nn1.CC(C)n1cc(CN2CCNCC2)nn1.CC(C)n1cc(CO)nn1.CC(C)n1cc([N+](=O)[O-])nn1.CC(C)n1nncc1CO.CNCc1cn(C(C)C)nn1.CNCc1cnnn1C(C)C. The zero-order valence-corrected chi connectivity index (χ0v) is 56.4. The van der Waals surface area contributed by atoms with Gasteiger partial charge >= 0.3 is 11.8 Å². The molecular formula is C55H101N29O7. The first-order valence-electron chi connectivity index (χ1n) is 30.3. The first kappa shape index (κ1) is 78.8. The van der Waals surface area contributed by atoms with Crippen LogP contribution >= 0.6 is 0 Å². The molecule has 0 atom stereocenters. The number of rotatable bonds is 21. The monoisotopic (exact) mass is 1280 g/mol. The van der Waals surface area contributed by atoms with Crippen molar-refractivity contribution < 1.29 is 30.1 Å². The van der Waals surface area contributed by atoms with Gasteiger partial charge in [-0.2, -0.15) is 0 Å². The molecule has 0 spiro atoms. The summed E-state index contributed by atoms with van der Waals surface area (Å²) >= 11 is 0. The van der Waals surface area contributed by atoms with Crippen molar-refractivity contribution in [2.75, 3.05) is 46.9 Å². The second-order valence-corrected chi connectivity index (χ2v) is 22.8. The van der Waals surface area contributed by atoms with Gasteiger partial charge in [0.15, 0.2) is 0 Å². The number of hydrogen-bond donors (Lipinski definition) is 7. The van der Waals surface area contributed by atoms with E-state index in [1.165, 1.54) is 10.9 Å². The fraction of sp³-hybridized carbons (Fsp3) is 0.691. The average Bonchev–Trinajstić information content (AvgIpc) is 3.89. The summed E-state index contributed by atoms with van der Waals surface area (Å²) in [6, 6.07) is 2.44. The Balaban J connectivity index is 0.000000356. The minimum Gasteiger partial charge on any atom is -0.481 e. The quantitative estimate of drug-likeness (QED) is 0.0397. The third kappa shape index (κ3) is 30.4. The molecular weight excluding hydrogens is 1180 g/mol. The molecule has 36 nitrogen and oxygen atoms in total. The van der Waals surface area contributed by atoms with Gasteiger partial charge < -0.3 is 46.5 Å². The Morgan fingerprint density at radius 2 is 0.890 bits per heavy atom. The van der Waals surface area contributed by atoms with Crippen LogP contribution in [0.2, 0.25) is 0 Å². The number of carboxylic acids is 1. The van der Waals surface area contributed by atoms with Crippen molar-refractivity contribution in [1.29, 1.82) is 0 Å². The maximum Gasteiger partial charge on any atom is 0.410 e. The second-order valence-electron chi connectivity index (χ2n) is 22.8. The molecule has 0 bridgehead atoms. The molecule has 1 saturated heterocycles. The first-order valence-corrected chi connectivity index (χ1v) is 30.3. The lowest BCUT2D eigenvalue weighted by Crippen LogP contribution is -2.42. The number of aliphatic carboxylic acids is 1. The second kappa shape index (κ2) is 42.7. The van der Waals surface area contributed by atoms with Crippen molar-refractivity contribution in [3.63, 3.8) is 0 Å². The molecule has 0 aromatic carbocycles. The summed E-state index contributed by atoms with van der Waals surface area (Å²) in [5.41, 5.74) is 5.91. The Bertz CT molecular complexity index is 3110. The molecule has 0 aliphatic carbocycles. The number of hydrogen-bond acceptors (Lipinski definition) is 26. The number of nitrogens with one attached hydrogen (secondary N) is 3. The molecule has 1 aliphatic heterocycles. The minimum absolute atomic E-state index is 0.00514. The van der Waals surface area contributed by atoms with E-state index in [1.54, 1.807) is 43.5 Å². The fourth-order valence-corrected chi connectivity index (χ4v) is 7.22. The molecule has 8 aromatic rings. The summed E-state index contributed by atoms with van der Waals surface area (Å²) in [5, 5.41) is 115. The minimum atomic E-state index is -0.884. The smallest absolute Gasteiger partial charge is 0.410 e. The van der Waals surface area contributed by atoms with Gasteiger partial charge in [0.2, 0.25) is 0 Å². The van der Waals surface area contributed by atoms with E-state index in [4.69, 9.17) is 20.4 Å². The molecule has 1 aliphatic rings. The van der Waals surface area contributed by atoms with Crippen LogP contribution in [0.3, 0.4) is 0 Å². The molecule has 0 saturated carbocycles. The van der Waals surface area contributed by atoms with Crippen LogP contribution in [-0.4, -0.2) is 203 Å². The van der Waals surface area contributed by atoms with Crippen LogP contribution in [0.15, 0.2) is 49.6 Å². The molecule has 1 fully saturated rings. The van der Waals surface area contributed by atoms with Crippen molar-refractivity contribution in [1.82, 2.24) is 141 Å². The van der Waals surface area contributed by atoms with E-state index in [0.29, 0.717) is 48.0 Å². The van der Waals surface area contributed by atoms with Crippen molar-refractivity contribution in [3.05, 3.63) is 99.5 Å². The molecule has 7 N–H and O–H groups in total. The highest BCUT2D eigenvalue weighted by Gasteiger charge is 2.15. The highest BCUT2D eigenvalue weighted by atomic mass is 16.6. The Morgan fingerprint density at radius 1 is 0.505 bits per heavy atom. The van der Waals surface area contributed by atoms with Crippen molar-refractivity contribution >= 4 is 11.8 Å². The summed E-state index contributed by atoms with van der Waals surface area (Å²) in [7, 11) is 3.81. The predicted molar refractivity (Wildman–Crippen MR) is 338 cm³/mol. The molecule has 9 rings (SSSR count). The van der Waals surface area contributed by atoms with E-state index in [0.717, 1.165) is 74.3 Å². The molecule has 0 amide bonds. The van der Waals surface area contributed by atoms with E-state index >= 15 is 0 Å². The van der Waals surface area contributed by atoms with E-state index in [-0.39, 0.29) is 50.2 Å². The third-order valence-electron chi connectivity index (χ3n) is 12.3. The number of aliphatic hydroxyl groups is 3. The van der Waals surface area contributed by atoms with Gasteiger partial charge in [-0.05, 0) is 130 Å². The number of aliphatic hydroxyl groups excluding tert-OH is 3. The molecule has 508 valence electrons. The maximum absolute atomic E-state index is 10.3. The lowest BCUT2D eigenvalue weighted by atomic mass is 10.3. The lowest BCUT2D eigenvalue weighted by Gasteiger charge is -2.25. The standard InChI is InChI=1S/C10H19N5.2C7H14N4.C7H11N3O2.C7H13N3O.2C6H11N3O.C5H8N4O2/c1-9(2)15-8-10(12-13-15)7-14-5-3-11-4-6-14;1-6(2)11-5-7(4-8-3)9-10-11;1-6(2)11-7(4-8-3)5-9-10-11;1-5(2)10-4-6(8-9-10)3-7(11)12;1-6(2)10-5-7(3-4-11)8-9-10;1-5(2)9-3-6(4-10)7-8-9;1-5(2)9-6(4-10)3-7-8-9;1-4(2)8-3-5(6-7-8)9(10)11/h8-9,11H,3-7H2,1-2H3;2*5-6,8H,4H2,1-3H3;4-5H,3H2,1-2H3,(H,11,12);5-6,11H,3-4H2,1-2H3;2*3,5,10H,4H2,1-2H3;3-4H,1-2H3. The fourth-order valence-electron chi connectivity index (χ4n) is 7.22. The van der Waals surface area contributed by atoms with Crippen molar-refractivity contribution in [3.8, 4) is 0 Å². The van der Waals surface area contributed by atoms with E-state index in [2.05, 4.69) is 145 Å². The number of nitro groups is 1. The van der Waals surface area contributed by atoms with Gasteiger partial charge in [-0.15, -0.1) is 35.7 Å². The molecule has 0 unspecified atom stereocenters. The first-order chi connectivity index (χ1) is 43.2. The zero-order chi connectivity index (χ0) is 68.2. The van der Waals surface area contributed by atoms with E-state index in [1.807, 2.05) is 116 Å². The summed E-state index contributed by atoms with van der Waals surface area (Å²) in [6.07, 6.45) is 14.5. The Hall–Kier alpha value is -8.29. The molecule has 91 heavy (non-hydrogen) atoms. The van der Waals surface area contributed by atoms with Crippen LogP contribution in [-0.2, 0) is 50.5 Å². The summed E-state index contributed by atoms with van der Waals surface area (Å²) in [4.78, 5) is 22.2. The largest absolute Gasteiger partial charge is 0.481 e. The summed E-state index contributed by atoms with van der Waals surface area (Å²) < 4.78 is 14.0.